The number of sulfonamides is 1. The molecule has 1 rings (SSSR count). The second-order valence-electron chi connectivity index (χ2n) is 4.56. The summed E-state index contributed by atoms with van der Waals surface area (Å²) in [5.74, 6) is 0. The molecule has 1 N–H and O–H groups in total. The van der Waals surface area contributed by atoms with Crippen LogP contribution in [0.4, 0.5) is 4.79 Å². The summed E-state index contributed by atoms with van der Waals surface area (Å²) in [6, 6.07) is 5.92. The highest BCUT2D eigenvalue weighted by molar-refractivity contribution is 9.10. The molecule has 0 unspecified atom stereocenters. The molecule has 1 amide bonds. The van der Waals surface area contributed by atoms with Crippen molar-refractivity contribution in [3.63, 3.8) is 0 Å². The second kappa shape index (κ2) is 5.27. The van der Waals surface area contributed by atoms with Crippen molar-refractivity contribution in [1.82, 2.24) is 4.72 Å². The van der Waals surface area contributed by atoms with Gasteiger partial charge in [-0.15, -0.1) is 0 Å². The maximum absolute atomic E-state index is 11.8. The molecular weight excluding hydrogens is 322 g/mol. The summed E-state index contributed by atoms with van der Waals surface area (Å²) in [5, 5.41) is 0. The first kappa shape index (κ1) is 15.0. The highest BCUT2D eigenvalue weighted by atomic mass is 79.9. The number of nitrogens with one attached hydrogen (secondary N) is 1. The molecule has 0 saturated heterocycles. The van der Waals surface area contributed by atoms with Gasteiger partial charge >= 0.3 is 6.09 Å². The summed E-state index contributed by atoms with van der Waals surface area (Å²) in [6.07, 6.45) is -0.995. The Hall–Kier alpha value is -1.08. The van der Waals surface area contributed by atoms with Gasteiger partial charge in [-0.1, -0.05) is 15.9 Å². The van der Waals surface area contributed by atoms with Crippen molar-refractivity contribution in [3.05, 3.63) is 28.7 Å². The van der Waals surface area contributed by atoms with Gasteiger partial charge in [0, 0.05) is 4.47 Å². The van der Waals surface area contributed by atoms with E-state index in [-0.39, 0.29) is 4.90 Å². The van der Waals surface area contributed by atoms with Crippen molar-refractivity contribution >= 4 is 32.0 Å². The largest absolute Gasteiger partial charge is 0.443 e. The fourth-order valence-electron chi connectivity index (χ4n) is 1.08. The minimum Gasteiger partial charge on any atom is -0.443 e. The van der Waals surface area contributed by atoms with Gasteiger partial charge in [-0.05, 0) is 45.0 Å². The smallest absolute Gasteiger partial charge is 0.421 e. The van der Waals surface area contributed by atoms with Gasteiger partial charge in [0.2, 0.25) is 0 Å². The predicted molar refractivity (Wildman–Crippen MR) is 70.7 cm³/mol. The number of rotatable bonds is 2. The zero-order valence-electron chi connectivity index (χ0n) is 10.2. The van der Waals surface area contributed by atoms with E-state index in [9.17, 15) is 13.2 Å². The van der Waals surface area contributed by atoms with Crippen LogP contribution in [-0.2, 0) is 14.8 Å². The number of hydrogen-bond acceptors (Lipinski definition) is 4. The summed E-state index contributed by atoms with van der Waals surface area (Å²) in [4.78, 5) is 11.4. The summed E-state index contributed by atoms with van der Waals surface area (Å²) in [5.41, 5.74) is -0.751. The van der Waals surface area contributed by atoms with Gasteiger partial charge in [-0.2, -0.15) is 0 Å². The third-order valence-corrected chi connectivity index (χ3v) is 3.60. The third-order valence-electron chi connectivity index (χ3n) is 1.74. The van der Waals surface area contributed by atoms with Crippen LogP contribution < -0.4 is 4.72 Å². The molecule has 0 heterocycles. The van der Waals surface area contributed by atoms with Gasteiger partial charge in [0.1, 0.15) is 5.60 Å². The Morgan fingerprint density at radius 2 is 1.72 bits per heavy atom. The maximum Gasteiger partial charge on any atom is 0.421 e. The van der Waals surface area contributed by atoms with Gasteiger partial charge in [-0.3, -0.25) is 0 Å². The van der Waals surface area contributed by atoms with Crippen molar-refractivity contribution in [1.29, 1.82) is 0 Å². The molecule has 0 fully saturated rings. The Morgan fingerprint density at radius 1 is 1.22 bits per heavy atom. The summed E-state index contributed by atoms with van der Waals surface area (Å²) < 4.78 is 31.1. The second-order valence-corrected chi connectivity index (χ2v) is 7.16. The van der Waals surface area contributed by atoms with E-state index in [0.717, 1.165) is 4.47 Å². The average molecular weight is 336 g/mol. The van der Waals surface area contributed by atoms with Crippen LogP contribution in [0.2, 0.25) is 0 Å². The highest BCUT2D eigenvalue weighted by Gasteiger charge is 2.22. The van der Waals surface area contributed by atoms with Crippen LogP contribution in [0, 0.1) is 0 Å². The van der Waals surface area contributed by atoms with Crippen LogP contribution in [0.3, 0.4) is 0 Å². The fraction of sp³-hybridized carbons (Fsp3) is 0.364. The molecule has 0 bridgehead atoms. The normalized spacial score (nSPS) is 12.0. The number of carbonyl (C=O) groups is 1. The minimum atomic E-state index is -3.89. The zero-order chi connectivity index (χ0) is 14.0. The Morgan fingerprint density at radius 3 is 2.17 bits per heavy atom. The highest BCUT2D eigenvalue weighted by Crippen LogP contribution is 2.15. The number of carbonyl (C=O) groups excluding carboxylic acids is 1. The first-order valence-electron chi connectivity index (χ1n) is 5.11. The molecule has 100 valence electrons. The number of amides is 1. The van der Waals surface area contributed by atoms with Crippen molar-refractivity contribution in [2.45, 2.75) is 31.3 Å². The fourth-order valence-corrected chi connectivity index (χ4v) is 2.22. The quantitative estimate of drug-likeness (QED) is 0.901. The summed E-state index contributed by atoms with van der Waals surface area (Å²) >= 11 is 3.20. The molecule has 5 nitrogen and oxygen atoms in total. The van der Waals surface area contributed by atoms with Crippen molar-refractivity contribution < 1.29 is 17.9 Å². The van der Waals surface area contributed by atoms with Crippen LogP contribution >= 0.6 is 15.9 Å². The van der Waals surface area contributed by atoms with Crippen LogP contribution in [-0.4, -0.2) is 20.1 Å². The lowest BCUT2D eigenvalue weighted by Crippen LogP contribution is -2.36. The molecule has 0 aromatic heterocycles. The van der Waals surface area contributed by atoms with E-state index >= 15 is 0 Å². The van der Waals surface area contributed by atoms with Crippen LogP contribution in [0.5, 0.6) is 0 Å². The average Bonchev–Trinajstić information content (AvgIpc) is 2.13. The molecule has 1 aromatic carbocycles. The Labute approximate surface area is 115 Å². The topological polar surface area (TPSA) is 72.5 Å². The van der Waals surface area contributed by atoms with E-state index in [1.165, 1.54) is 12.1 Å². The molecule has 0 atom stereocenters. The summed E-state index contributed by atoms with van der Waals surface area (Å²) in [6.45, 7) is 4.95. The molecule has 7 heteroatoms. The Bertz CT molecular complexity index is 531. The molecular formula is C11H14BrNO4S. The van der Waals surface area contributed by atoms with E-state index in [4.69, 9.17) is 4.74 Å². The van der Waals surface area contributed by atoms with Crippen molar-refractivity contribution in [2.75, 3.05) is 0 Å². The molecule has 1 aromatic rings. The number of hydrogen-bond donors (Lipinski definition) is 1. The molecule has 0 aliphatic heterocycles. The summed E-state index contributed by atoms with van der Waals surface area (Å²) in [7, 11) is -3.89. The van der Waals surface area contributed by atoms with Gasteiger partial charge in [0.15, 0.2) is 0 Å². The molecule has 0 aliphatic carbocycles. The Balaban J connectivity index is 2.83. The van der Waals surface area contributed by atoms with Crippen LogP contribution in [0.25, 0.3) is 0 Å². The van der Waals surface area contributed by atoms with Gasteiger partial charge in [-0.25, -0.2) is 17.9 Å². The van der Waals surface area contributed by atoms with Crippen LogP contribution in [0.1, 0.15) is 20.8 Å². The lowest BCUT2D eigenvalue weighted by Gasteiger charge is -2.19. The lowest BCUT2D eigenvalue weighted by atomic mass is 10.2. The molecule has 0 aliphatic rings. The monoisotopic (exact) mass is 335 g/mol. The first-order valence-corrected chi connectivity index (χ1v) is 7.39. The number of ether oxygens (including phenoxy) is 1. The van der Waals surface area contributed by atoms with E-state index in [1.54, 1.807) is 32.9 Å². The SMILES string of the molecule is CC(C)(C)OC(=O)NS(=O)(=O)c1ccc(Br)cc1. The molecule has 0 spiro atoms. The zero-order valence-corrected chi connectivity index (χ0v) is 12.6. The third kappa shape index (κ3) is 4.66. The van der Waals surface area contributed by atoms with E-state index in [2.05, 4.69) is 15.9 Å². The Kier molecular flexibility index (Phi) is 4.39. The van der Waals surface area contributed by atoms with Crippen LogP contribution in [0.15, 0.2) is 33.6 Å². The van der Waals surface area contributed by atoms with Crippen molar-refractivity contribution in [3.8, 4) is 0 Å². The predicted octanol–water partition coefficient (Wildman–Crippen LogP) is 2.66. The molecule has 0 saturated carbocycles. The van der Waals surface area contributed by atoms with Gasteiger partial charge in [0.05, 0.1) is 4.90 Å². The number of benzene rings is 1. The standard InChI is InChI=1S/C11H14BrNO4S/c1-11(2,3)17-10(14)13-18(15,16)9-6-4-8(12)5-7-9/h4-7H,1-3H3,(H,13,14). The van der Waals surface area contributed by atoms with E-state index in [0.29, 0.717) is 0 Å². The van der Waals surface area contributed by atoms with E-state index < -0.39 is 21.7 Å². The van der Waals surface area contributed by atoms with Crippen molar-refractivity contribution in [2.24, 2.45) is 0 Å². The molecule has 18 heavy (non-hydrogen) atoms. The molecule has 0 radical (unpaired) electrons. The van der Waals surface area contributed by atoms with Gasteiger partial charge < -0.3 is 4.74 Å². The maximum atomic E-state index is 11.8. The lowest BCUT2D eigenvalue weighted by molar-refractivity contribution is 0.0570. The first-order chi connectivity index (χ1) is 8.10. The minimum absolute atomic E-state index is 0.00319. The number of halogens is 1. The van der Waals surface area contributed by atoms with E-state index in [1.807, 2.05) is 4.72 Å². The van der Waals surface area contributed by atoms with Gasteiger partial charge in [0.25, 0.3) is 10.0 Å².